The largest absolute Gasteiger partial charge is 0.480 e. The van der Waals surface area contributed by atoms with Crippen LogP contribution < -0.4 is 4.72 Å². The number of hydrogen-bond donors (Lipinski definition) is 2. The standard InChI is InChI=1S/C13H17Br2NO4S/c1-7(2)4-11(13(17)18)16-21(19,20)12-6-9(14)8(3)5-10(12)15/h5-7,11,16H,4H2,1-3H3,(H,17,18)/t11-/m1/s1. The van der Waals surface area contributed by atoms with Gasteiger partial charge in [-0.05, 0) is 52.9 Å². The molecular weight excluding hydrogens is 426 g/mol. The van der Waals surface area contributed by atoms with Crippen LogP contribution in [0.1, 0.15) is 25.8 Å². The molecule has 0 aliphatic carbocycles. The van der Waals surface area contributed by atoms with Crippen LogP contribution in [-0.4, -0.2) is 25.5 Å². The molecule has 0 aliphatic rings. The summed E-state index contributed by atoms with van der Waals surface area (Å²) in [6, 6.07) is 1.97. The van der Waals surface area contributed by atoms with Crippen molar-refractivity contribution in [2.75, 3.05) is 0 Å². The summed E-state index contributed by atoms with van der Waals surface area (Å²) in [7, 11) is -3.93. The maximum Gasteiger partial charge on any atom is 0.321 e. The molecule has 0 aliphatic heterocycles. The lowest BCUT2D eigenvalue weighted by Gasteiger charge is -2.17. The minimum absolute atomic E-state index is 0.00924. The summed E-state index contributed by atoms with van der Waals surface area (Å²) in [5.41, 5.74) is 0.873. The van der Waals surface area contributed by atoms with Gasteiger partial charge in [-0.25, -0.2) is 8.42 Å². The molecule has 0 heterocycles. The van der Waals surface area contributed by atoms with E-state index < -0.39 is 22.0 Å². The van der Waals surface area contributed by atoms with Crippen LogP contribution in [0.4, 0.5) is 0 Å². The first-order valence-electron chi connectivity index (χ1n) is 6.25. The maximum atomic E-state index is 12.4. The fourth-order valence-electron chi connectivity index (χ4n) is 1.76. The third kappa shape index (κ3) is 5.05. The average Bonchev–Trinajstić information content (AvgIpc) is 2.31. The van der Waals surface area contributed by atoms with Gasteiger partial charge in [-0.1, -0.05) is 29.8 Å². The molecule has 1 rings (SSSR count). The van der Waals surface area contributed by atoms with Gasteiger partial charge < -0.3 is 5.11 Å². The van der Waals surface area contributed by atoms with E-state index in [9.17, 15) is 13.2 Å². The first-order chi connectivity index (χ1) is 9.54. The highest BCUT2D eigenvalue weighted by atomic mass is 79.9. The number of rotatable bonds is 6. The lowest BCUT2D eigenvalue weighted by molar-refractivity contribution is -0.139. The highest BCUT2D eigenvalue weighted by Crippen LogP contribution is 2.29. The van der Waals surface area contributed by atoms with Crippen LogP contribution in [0.15, 0.2) is 26.0 Å². The zero-order valence-electron chi connectivity index (χ0n) is 11.9. The number of nitrogens with one attached hydrogen (secondary N) is 1. The molecule has 0 bridgehead atoms. The Bertz CT molecular complexity index is 644. The van der Waals surface area contributed by atoms with E-state index in [4.69, 9.17) is 5.11 Å². The number of carbonyl (C=O) groups is 1. The molecule has 0 aromatic heterocycles. The Labute approximate surface area is 141 Å². The summed E-state index contributed by atoms with van der Waals surface area (Å²) in [6.07, 6.45) is 0.221. The second-order valence-electron chi connectivity index (χ2n) is 5.17. The monoisotopic (exact) mass is 441 g/mol. The van der Waals surface area contributed by atoms with E-state index in [0.717, 1.165) is 5.56 Å². The topological polar surface area (TPSA) is 83.5 Å². The Morgan fingerprint density at radius 2 is 1.86 bits per heavy atom. The predicted octanol–water partition coefficient (Wildman–Crippen LogP) is 3.30. The summed E-state index contributed by atoms with van der Waals surface area (Å²) in [6.45, 7) is 5.50. The zero-order chi connectivity index (χ0) is 16.4. The van der Waals surface area contributed by atoms with Crippen LogP contribution in [0.3, 0.4) is 0 Å². The number of benzene rings is 1. The fourth-order valence-corrected chi connectivity index (χ4v) is 4.63. The molecule has 1 atom stereocenters. The molecule has 0 fully saturated rings. The van der Waals surface area contributed by atoms with Gasteiger partial charge in [0.05, 0.1) is 4.90 Å². The van der Waals surface area contributed by atoms with E-state index in [1.54, 1.807) is 6.07 Å². The first kappa shape index (κ1) is 18.6. The van der Waals surface area contributed by atoms with Crippen LogP contribution in [0, 0.1) is 12.8 Å². The van der Waals surface area contributed by atoms with Gasteiger partial charge in [0.1, 0.15) is 6.04 Å². The molecule has 8 heteroatoms. The van der Waals surface area contributed by atoms with Crippen LogP contribution in [-0.2, 0) is 14.8 Å². The molecular formula is C13H17Br2NO4S. The summed E-state index contributed by atoms with van der Waals surface area (Å²) in [5.74, 6) is -1.13. The molecule has 0 spiro atoms. The highest BCUT2D eigenvalue weighted by Gasteiger charge is 2.27. The van der Waals surface area contributed by atoms with Crippen molar-refractivity contribution in [1.82, 2.24) is 4.72 Å². The smallest absolute Gasteiger partial charge is 0.321 e. The SMILES string of the molecule is Cc1cc(Br)c(S(=O)(=O)N[C@H](CC(C)C)C(=O)O)cc1Br. The molecule has 0 saturated heterocycles. The lowest BCUT2D eigenvalue weighted by Crippen LogP contribution is -2.41. The van der Waals surface area contributed by atoms with E-state index in [0.29, 0.717) is 8.95 Å². The van der Waals surface area contributed by atoms with E-state index in [1.165, 1.54) is 6.07 Å². The fraction of sp³-hybridized carbons (Fsp3) is 0.462. The molecule has 0 amide bonds. The zero-order valence-corrected chi connectivity index (χ0v) is 15.8. The highest BCUT2D eigenvalue weighted by molar-refractivity contribution is 9.11. The van der Waals surface area contributed by atoms with Crippen molar-refractivity contribution < 1.29 is 18.3 Å². The van der Waals surface area contributed by atoms with E-state index in [-0.39, 0.29) is 17.2 Å². The third-order valence-corrected chi connectivity index (χ3v) is 6.09. The molecule has 0 radical (unpaired) electrons. The molecule has 0 saturated carbocycles. The van der Waals surface area contributed by atoms with Crippen LogP contribution in [0.25, 0.3) is 0 Å². The number of carboxylic acid groups (broad SMARTS) is 1. The van der Waals surface area contributed by atoms with Crippen LogP contribution >= 0.6 is 31.9 Å². The van der Waals surface area contributed by atoms with Gasteiger partial charge in [0.2, 0.25) is 10.0 Å². The Morgan fingerprint density at radius 1 is 1.29 bits per heavy atom. The van der Waals surface area contributed by atoms with Crippen molar-refractivity contribution in [2.45, 2.75) is 38.1 Å². The summed E-state index contributed by atoms with van der Waals surface area (Å²) < 4.78 is 28.1. The second kappa shape index (κ2) is 7.21. The predicted molar refractivity (Wildman–Crippen MR) is 87.8 cm³/mol. The first-order valence-corrected chi connectivity index (χ1v) is 9.32. The Kier molecular flexibility index (Phi) is 6.39. The van der Waals surface area contributed by atoms with Crippen molar-refractivity contribution in [2.24, 2.45) is 5.92 Å². The molecule has 1 aromatic rings. The third-order valence-electron chi connectivity index (χ3n) is 2.81. The van der Waals surface area contributed by atoms with Crippen molar-refractivity contribution in [3.63, 3.8) is 0 Å². The van der Waals surface area contributed by atoms with Gasteiger partial charge in [-0.3, -0.25) is 4.79 Å². The second-order valence-corrected chi connectivity index (χ2v) is 8.56. The van der Waals surface area contributed by atoms with E-state index in [1.807, 2.05) is 20.8 Å². The minimum atomic E-state index is -3.93. The van der Waals surface area contributed by atoms with Crippen LogP contribution in [0.2, 0.25) is 0 Å². The van der Waals surface area contributed by atoms with Gasteiger partial charge in [-0.2, -0.15) is 4.72 Å². The Hall–Kier alpha value is -0.440. The van der Waals surface area contributed by atoms with E-state index in [2.05, 4.69) is 36.6 Å². The molecule has 0 unspecified atom stereocenters. The number of aliphatic carboxylic acids is 1. The summed E-state index contributed by atoms with van der Waals surface area (Å²) in [4.78, 5) is 11.2. The van der Waals surface area contributed by atoms with Gasteiger partial charge in [0.15, 0.2) is 0 Å². The number of hydrogen-bond acceptors (Lipinski definition) is 3. The van der Waals surface area contributed by atoms with Gasteiger partial charge >= 0.3 is 5.97 Å². The van der Waals surface area contributed by atoms with Crippen LogP contribution in [0.5, 0.6) is 0 Å². The molecule has 1 aromatic carbocycles. The minimum Gasteiger partial charge on any atom is -0.480 e. The van der Waals surface area contributed by atoms with Gasteiger partial charge in [0, 0.05) is 8.95 Å². The summed E-state index contributed by atoms with van der Waals surface area (Å²) >= 11 is 6.49. The molecule has 118 valence electrons. The number of sulfonamides is 1. The number of aryl methyl sites for hydroxylation is 1. The maximum absolute atomic E-state index is 12.4. The Morgan fingerprint density at radius 3 is 2.33 bits per heavy atom. The molecule has 2 N–H and O–H groups in total. The lowest BCUT2D eigenvalue weighted by atomic mass is 10.1. The quantitative estimate of drug-likeness (QED) is 0.707. The van der Waals surface area contributed by atoms with Crippen molar-refractivity contribution >= 4 is 47.9 Å². The van der Waals surface area contributed by atoms with E-state index >= 15 is 0 Å². The Balaban J connectivity index is 3.16. The summed E-state index contributed by atoms with van der Waals surface area (Å²) in [5, 5.41) is 9.15. The van der Waals surface area contributed by atoms with Crippen molar-refractivity contribution in [3.05, 3.63) is 26.6 Å². The number of halogens is 2. The number of carboxylic acids is 1. The van der Waals surface area contributed by atoms with Gasteiger partial charge in [0.25, 0.3) is 0 Å². The van der Waals surface area contributed by atoms with Gasteiger partial charge in [-0.15, -0.1) is 0 Å². The molecule has 21 heavy (non-hydrogen) atoms. The average molecular weight is 443 g/mol. The normalized spacial score (nSPS) is 13.4. The molecule has 5 nitrogen and oxygen atoms in total. The van der Waals surface area contributed by atoms with Crippen molar-refractivity contribution in [1.29, 1.82) is 0 Å². The van der Waals surface area contributed by atoms with Crippen molar-refractivity contribution in [3.8, 4) is 0 Å².